The van der Waals surface area contributed by atoms with Gasteiger partial charge >= 0.3 is 6.18 Å². The second kappa shape index (κ2) is 8.60. The van der Waals surface area contributed by atoms with E-state index in [4.69, 9.17) is 9.26 Å². The fourth-order valence-corrected chi connectivity index (χ4v) is 3.60. The lowest BCUT2D eigenvalue weighted by Crippen LogP contribution is -2.13. The zero-order valence-electron chi connectivity index (χ0n) is 18.8. The normalized spacial score (nSPS) is 11.7. The highest BCUT2D eigenvalue weighted by atomic mass is 19.4. The molecule has 4 rings (SSSR count). The van der Waals surface area contributed by atoms with Crippen LogP contribution in [0, 0.1) is 39.3 Å². The molecule has 0 amide bonds. The lowest BCUT2D eigenvalue weighted by molar-refractivity contribution is -0.138. The summed E-state index contributed by atoms with van der Waals surface area (Å²) in [6.07, 6.45) is -4.18. The molecular weight excluding hydrogens is 475 g/mol. The van der Waals surface area contributed by atoms with E-state index in [1.54, 1.807) is 6.92 Å². The minimum atomic E-state index is -4.75. The van der Waals surface area contributed by atoms with Crippen LogP contribution in [0.2, 0.25) is 0 Å². The molecule has 1 aromatic carbocycles. The number of ether oxygens (including phenoxy) is 1. The predicted octanol–water partition coefficient (Wildman–Crippen LogP) is 5.81. The van der Waals surface area contributed by atoms with Crippen LogP contribution in [0.1, 0.15) is 28.2 Å². The Hall–Kier alpha value is -4.09. The summed E-state index contributed by atoms with van der Waals surface area (Å²) in [4.78, 5) is 23.6. The highest BCUT2D eigenvalue weighted by molar-refractivity contribution is 5.73. The first-order valence-corrected chi connectivity index (χ1v) is 10.1. The summed E-state index contributed by atoms with van der Waals surface area (Å²) in [6.45, 7) is 5.51. The van der Waals surface area contributed by atoms with E-state index in [2.05, 4.69) is 20.1 Å². The summed E-state index contributed by atoms with van der Waals surface area (Å²) >= 11 is 0. The van der Waals surface area contributed by atoms with Gasteiger partial charge in [0, 0.05) is 23.5 Å². The number of H-pyrrole nitrogens is 1. The first kappa shape index (κ1) is 24.0. The number of benzene rings is 1. The molecule has 7 nitrogen and oxygen atoms in total. The Morgan fingerprint density at radius 1 is 1.03 bits per heavy atom. The number of nitrogens with zero attached hydrogens (tertiary/aromatic N) is 3. The standard InChI is InChI=1S/C23H17F5N4O3/c1-9-13(23(26,27)28)8-29-21(34-17-6-5-14(24)20(25)10(17)2)18(9)15-7-16(33)19(11(3)30-15)22-31-12(4)32-35-22/h5-8H,1-4H3,(H,30,33). The molecule has 0 aliphatic heterocycles. The highest BCUT2D eigenvalue weighted by Gasteiger charge is 2.35. The third-order valence-electron chi connectivity index (χ3n) is 5.34. The maximum Gasteiger partial charge on any atom is 0.418 e. The smallest absolute Gasteiger partial charge is 0.418 e. The molecule has 0 spiro atoms. The van der Waals surface area contributed by atoms with Crippen molar-refractivity contribution in [3.63, 3.8) is 0 Å². The van der Waals surface area contributed by atoms with Gasteiger partial charge in [-0.2, -0.15) is 18.2 Å². The van der Waals surface area contributed by atoms with Crippen LogP contribution in [0.25, 0.3) is 22.7 Å². The SMILES string of the molecule is Cc1noc(-c2c(C)[nH]c(-c3c(Oc4ccc(F)c(F)c4C)ncc(C(F)(F)F)c3C)cc2=O)n1. The largest absolute Gasteiger partial charge is 0.438 e. The van der Waals surface area contributed by atoms with E-state index in [1.165, 1.54) is 20.8 Å². The Morgan fingerprint density at radius 2 is 1.74 bits per heavy atom. The van der Waals surface area contributed by atoms with Crippen LogP contribution in [0.4, 0.5) is 22.0 Å². The van der Waals surface area contributed by atoms with Crippen LogP contribution in [-0.2, 0) is 6.18 Å². The average Bonchev–Trinajstić information content (AvgIpc) is 3.18. The zero-order valence-corrected chi connectivity index (χ0v) is 18.8. The first-order chi connectivity index (χ1) is 16.4. The molecule has 3 heterocycles. The molecule has 0 aliphatic rings. The van der Waals surface area contributed by atoms with Crippen molar-refractivity contribution >= 4 is 0 Å². The maximum absolute atomic E-state index is 14.0. The van der Waals surface area contributed by atoms with Crippen molar-refractivity contribution in [3.8, 4) is 34.3 Å². The van der Waals surface area contributed by atoms with E-state index in [0.29, 0.717) is 12.0 Å². The van der Waals surface area contributed by atoms with Crippen molar-refractivity contribution in [2.45, 2.75) is 33.9 Å². The van der Waals surface area contributed by atoms with Gasteiger partial charge < -0.3 is 14.2 Å². The van der Waals surface area contributed by atoms with E-state index in [-0.39, 0.29) is 51.2 Å². The van der Waals surface area contributed by atoms with Crippen molar-refractivity contribution in [1.82, 2.24) is 20.1 Å². The van der Waals surface area contributed by atoms with Gasteiger partial charge in [-0.15, -0.1) is 0 Å². The third kappa shape index (κ3) is 4.38. The molecule has 0 aliphatic carbocycles. The summed E-state index contributed by atoms with van der Waals surface area (Å²) in [5, 5.41) is 3.64. The van der Waals surface area contributed by atoms with E-state index in [1.807, 2.05) is 0 Å². The van der Waals surface area contributed by atoms with Crippen molar-refractivity contribution in [1.29, 1.82) is 0 Å². The zero-order chi connectivity index (χ0) is 25.7. The maximum atomic E-state index is 14.0. The second-order valence-corrected chi connectivity index (χ2v) is 7.76. The van der Waals surface area contributed by atoms with Gasteiger partial charge in [-0.25, -0.2) is 13.8 Å². The Morgan fingerprint density at radius 3 is 2.34 bits per heavy atom. The van der Waals surface area contributed by atoms with E-state index in [0.717, 1.165) is 18.2 Å². The van der Waals surface area contributed by atoms with Gasteiger partial charge in [-0.3, -0.25) is 4.79 Å². The minimum absolute atomic E-state index is 0.0428. The minimum Gasteiger partial charge on any atom is -0.438 e. The average molecular weight is 492 g/mol. The number of aromatic nitrogens is 4. The van der Waals surface area contributed by atoms with E-state index in [9.17, 15) is 26.7 Å². The van der Waals surface area contributed by atoms with Gasteiger partial charge in [0.25, 0.3) is 5.89 Å². The molecule has 4 aromatic rings. The van der Waals surface area contributed by atoms with Crippen LogP contribution in [0.5, 0.6) is 11.6 Å². The molecule has 1 N–H and O–H groups in total. The van der Waals surface area contributed by atoms with Gasteiger partial charge in [-0.05, 0) is 45.4 Å². The highest BCUT2D eigenvalue weighted by Crippen LogP contribution is 2.41. The lowest BCUT2D eigenvalue weighted by atomic mass is 10.0. The Bertz CT molecular complexity index is 1510. The quantitative estimate of drug-likeness (QED) is 0.362. The van der Waals surface area contributed by atoms with Crippen LogP contribution in [0.15, 0.2) is 33.7 Å². The van der Waals surface area contributed by atoms with Crippen molar-refractivity contribution < 1.29 is 31.2 Å². The molecule has 0 saturated carbocycles. The summed E-state index contributed by atoms with van der Waals surface area (Å²) in [6, 6.07) is 3.00. The molecule has 0 fully saturated rings. The number of pyridine rings is 2. The van der Waals surface area contributed by atoms with Crippen LogP contribution in [-0.4, -0.2) is 20.1 Å². The molecule has 0 bridgehead atoms. The third-order valence-corrected chi connectivity index (χ3v) is 5.34. The number of nitrogens with one attached hydrogen (secondary N) is 1. The molecule has 182 valence electrons. The van der Waals surface area contributed by atoms with Crippen molar-refractivity contribution in [2.24, 2.45) is 0 Å². The predicted molar refractivity (Wildman–Crippen MR) is 114 cm³/mol. The van der Waals surface area contributed by atoms with Crippen LogP contribution in [0.3, 0.4) is 0 Å². The monoisotopic (exact) mass is 492 g/mol. The Kier molecular flexibility index (Phi) is 5.91. The number of aryl methyl sites for hydroxylation is 2. The molecule has 0 atom stereocenters. The summed E-state index contributed by atoms with van der Waals surface area (Å²) in [5.41, 5.74) is -2.10. The molecule has 0 radical (unpaired) electrons. The summed E-state index contributed by atoms with van der Waals surface area (Å²) in [5.74, 6) is -2.55. The first-order valence-electron chi connectivity index (χ1n) is 10.1. The lowest BCUT2D eigenvalue weighted by Gasteiger charge is -2.18. The summed E-state index contributed by atoms with van der Waals surface area (Å²) in [7, 11) is 0. The van der Waals surface area contributed by atoms with Gasteiger partial charge in [0.1, 0.15) is 11.3 Å². The number of alkyl halides is 3. The number of hydrogen-bond donors (Lipinski definition) is 1. The van der Waals surface area contributed by atoms with Crippen molar-refractivity contribution in [2.75, 3.05) is 0 Å². The van der Waals surface area contributed by atoms with Gasteiger partial charge in [-0.1, -0.05) is 5.16 Å². The second-order valence-electron chi connectivity index (χ2n) is 7.76. The number of rotatable bonds is 4. The Balaban J connectivity index is 1.93. The van der Waals surface area contributed by atoms with Gasteiger partial charge in [0.05, 0.1) is 16.8 Å². The van der Waals surface area contributed by atoms with Gasteiger partial charge in [0.2, 0.25) is 5.88 Å². The van der Waals surface area contributed by atoms with Crippen LogP contribution >= 0.6 is 0 Å². The van der Waals surface area contributed by atoms with Gasteiger partial charge in [0.15, 0.2) is 22.9 Å². The molecule has 35 heavy (non-hydrogen) atoms. The fraction of sp³-hybridized carbons (Fsp3) is 0.217. The van der Waals surface area contributed by atoms with Crippen LogP contribution < -0.4 is 10.2 Å². The summed E-state index contributed by atoms with van der Waals surface area (Å²) < 4.78 is 79.2. The Labute approximate surface area is 194 Å². The van der Waals surface area contributed by atoms with E-state index < -0.39 is 28.8 Å². The van der Waals surface area contributed by atoms with E-state index >= 15 is 0 Å². The fourth-order valence-electron chi connectivity index (χ4n) is 3.60. The number of aromatic amines is 1. The van der Waals surface area contributed by atoms with Crippen molar-refractivity contribution in [3.05, 3.63) is 74.5 Å². The molecule has 3 aromatic heterocycles. The number of hydrogen-bond acceptors (Lipinski definition) is 6. The molecule has 0 saturated heterocycles. The topological polar surface area (TPSA) is 93.9 Å². The number of halogens is 5. The molecular formula is C23H17F5N4O3. The molecule has 0 unspecified atom stereocenters. The molecule has 12 heteroatoms.